The summed E-state index contributed by atoms with van der Waals surface area (Å²) in [7, 11) is -2.25. The second-order valence-electron chi connectivity index (χ2n) is 7.67. The number of nitrogens with zero attached hydrogens (tertiary/aromatic N) is 1. The van der Waals surface area contributed by atoms with Gasteiger partial charge in [-0.25, -0.2) is 13.2 Å². The molecule has 0 unspecified atom stereocenters. The number of carboxylic acid groups (broad SMARTS) is 1. The quantitative estimate of drug-likeness (QED) is 0.769. The fourth-order valence-corrected chi connectivity index (χ4v) is 4.59. The van der Waals surface area contributed by atoms with E-state index in [1.807, 2.05) is 0 Å². The summed E-state index contributed by atoms with van der Waals surface area (Å²) >= 11 is 0. The molecule has 1 fully saturated rings. The molecule has 1 aromatic carbocycles. The Balaban J connectivity index is 2.28. The van der Waals surface area contributed by atoms with Gasteiger partial charge < -0.3 is 10.4 Å². The van der Waals surface area contributed by atoms with E-state index in [0.717, 1.165) is 12.8 Å². The fraction of sp³-hybridized carbons (Fsp3) is 0.579. The van der Waals surface area contributed by atoms with E-state index in [2.05, 4.69) is 12.2 Å². The van der Waals surface area contributed by atoms with Crippen molar-refractivity contribution in [3.63, 3.8) is 0 Å². The summed E-state index contributed by atoms with van der Waals surface area (Å²) in [6.07, 6.45) is 2.17. The average Bonchev–Trinajstić information content (AvgIpc) is 2.62. The summed E-state index contributed by atoms with van der Waals surface area (Å²) in [5.41, 5.74) is -1.17. The van der Waals surface area contributed by atoms with Crippen LogP contribution in [-0.4, -0.2) is 48.3 Å². The summed E-state index contributed by atoms with van der Waals surface area (Å²) in [4.78, 5) is 24.5. The van der Waals surface area contributed by atoms with Crippen molar-refractivity contribution < 1.29 is 23.1 Å². The van der Waals surface area contributed by atoms with E-state index in [1.54, 1.807) is 13.8 Å². The first-order valence-electron chi connectivity index (χ1n) is 9.13. The highest BCUT2D eigenvalue weighted by molar-refractivity contribution is 7.89. The van der Waals surface area contributed by atoms with Gasteiger partial charge in [-0.15, -0.1) is 0 Å². The third-order valence-electron chi connectivity index (χ3n) is 5.39. The van der Waals surface area contributed by atoms with Crippen molar-refractivity contribution in [3.05, 3.63) is 29.8 Å². The Morgan fingerprint density at radius 3 is 2.37 bits per heavy atom. The van der Waals surface area contributed by atoms with Crippen molar-refractivity contribution >= 4 is 21.9 Å². The SMILES string of the molecule is CC1CCC(NC(=O)c2cccc(S(=O)(=O)N(C)C(C)C)c2)(C(=O)O)CC1. The van der Waals surface area contributed by atoms with Crippen LogP contribution < -0.4 is 5.32 Å². The molecule has 2 N–H and O–H groups in total. The molecule has 1 aromatic rings. The molecular formula is C19H28N2O5S. The zero-order chi connectivity index (χ0) is 20.4. The number of carbonyl (C=O) groups is 2. The molecule has 0 bridgehead atoms. The Morgan fingerprint density at radius 2 is 1.85 bits per heavy atom. The molecule has 0 spiro atoms. The molecule has 7 nitrogen and oxygen atoms in total. The van der Waals surface area contributed by atoms with Crippen molar-refractivity contribution in [1.82, 2.24) is 9.62 Å². The Morgan fingerprint density at radius 1 is 1.26 bits per heavy atom. The lowest BCUT2D eigenvalue weighted by molar-refractivity contribution is -0.146. The molecule has 1 aliphatic carbocycles. The van der Waals surface area contributed by atoms with Gasteiger partial charge in [-0.1, -0.05) is 13.0 Å². The number of aliphatic carboxylic acids is 1. The van der Waals surface area contributed by atoms with Crippen LogP contribution in [0.5, 0.6) is 0 Å². The topological polar surface area (TPSA) is 104 Å². The van der Waals surface area contributed by atoms with E-state index in [1.165, 1.54) is 35.6 Å². The van der Waals surface area contributed by atoms with Gasteiger partial charge >= 0.3 is 5.97 Å². The van der Waals surface area contributed by atoms with Crippen molar-refractivity contribution in [3.8, 4) is 0 Å². The smallest absolute Gasteiger partial charge is 0.329 e. The molecule has 0 atom stereocenters. The lowest BCUT2D eigenvalue weighted by Gasteiger charge is -2.36. The van der Waals surface area contributed by atoms with Crippen molar-refractivity contribution in [2.45, 2.75) is 62.9 Å². The number of hydrogen-bond donors (Lipinski definition) is 2. The maximum Gasteiger partial charge on any atom is 0.329 e. The first-order chi connectivity index (χ1) is 12.5. The zero-order valence-corrected chi connectivity index (χ0v) is 17.0. The number of benzene rings is 1. The van der Waals surface area contributed by atoms with Gasteiger partial charge in [0.25, 0.3) is 5.91 Å². The largest absolute Gasteiger partial charge is 0.480 e. The summed E-state index contributed by atoms with van der Waals surface area (Å²) in [5.74, 6) is -1.20. The third kappa shape index (κ3) is 4.50. The first kappa shape index (κ1) is 21.4. The van der Waals surface area contributed by atoms with Crippen molar-refractivity contribution in [2.24, 2.45) is 5.92 Å². The Hall–Kier alpha value is -1.93. The highest BCUT2D eigenvalue weighted by atomic mass is 32.2. The van der Waals surface area contributed by atoms with Gasteiger partial charge in [0.1, 0.15) is 5.54 Å². The maximum atomic E-state index is 12.7. The molecule has 0 aromatic heterocycles. The second-order valence-corrected chi connectivity index (χ2v) is 9.66. The van der Waals surface area contributed by atoms with E-state index in [0.29, 0.717) is 18.8 Å². The van der Waals surface area contributed by atoms with Gasteiger partial charge in [-0.2, -0.15) is 4.31 Å². The lowest BCUT2D eigenvalue weighted by atomic mass is 9.77. The van der Waals surface area contributed by atoms with Crippen molar-refractivity contribution in [2.75, 3.05) is 7.05 Å². The Labute approximate surface area is 160 Å². The molecule has 8 heteroatoms. The monoisotopic (exact) mass is 396 g/mol. The molecule has 150 valence electrons. The van der Waals surface area contributed by atoms with E-state index in [-0.39, 0.29) is 16.5 Å². The van der Waals surface area contributed by atoms with Crippen LogP contribution in [0, 0.1) is 5.92 Å². The van der Waals surface area contributed by atoms with Gasteiger partial charge in [0.05, 0.1) is 4.90 Å². The summed E-state index contributed by atoms with van der Waals surface area (Å²) in [6.45, 7) is 5.58. The van der Waals surface area contributed by atoms with Crippen molar-refractivity contribution in [1.29, 1.82) is 0 Å². The maximum absolute atomic E-state index is 12.7. The normalized spacial score (nSPS) is 23.4. The molecule has 0 radical (unpaired) electrons. The first-order valence-corrected chi connectivity index (χ1v) is 10.6. The van der Waals surface area contributed by atoms with Crippen LogP contribution in [0.25, 0.3) is 0 Å². The van der Waals surface area contributed by atoms with Crippen LogP contribution in [0.4, 0.5) is 0 Å². The van der Waals surface area contributed by atoms with Gasteiger partial charge in [0.15, 0.2) is 0 Å². The predicted molar refractivity (Wildman–Crippen MR) is 102 cm³/mol. The molecule has 1 aliphatic rings. The van der Waals surface area contributed by atoms with Gasteiger partial charge in [-0.05, 0) is 63.6 Å². The zero-order valence-electron chi connectivity index (χ0n) is 16.2. The Kier molecular flexibility index (Phi) is 6.32. The number of sulfonamides is 1. The average molecular weight is 397 g/mol. The van der Waals surface area contributed by atoms with E-state index in [4.69, 9.17) is 0 Å². The summed E-state index contributed by atoms with van der Waals surface area (Å²) in [5, 5.41) is 12.3. The lowest BCUT2D eigenvalue weighted by Crippen LogP contribution is -2.56. The molecule has 0 aliphatic heterocycles. The predicted octanol–water partition coefficient (Wildman–Crippen LogP) is 2.48. The number of carboxylic acids is 1. The van der Waals surface area contributed by atoms with E-state index in [9.17, 15) is 23.1 Å². The summed E-state index contributed by atoms with van der Waals surface area (Å²) < 4.78 is 26.5. The molecular weight excluding hydrogens is 368 g/mol. The minimum Gasteiger partial charge on any atom is -0.480 e. The molecule has 0 heterocycles. The second kappa shape index (κ2) is 7.98. The van der Waals surface area contributed by atoms with Crippen LogP contribution in [0.1, 0.15) is 56.8 Å². The van der Waals surface area contributed by atoms with Crippen LogP contribution in [0.2, 0.25) is 0 Å². The molecule has 1 saturated carbocycles. The van der Waals surface area contributed by atoms with E-state index >= 15 is 0 Å². The third-order valence-corrected chi connectivity index (χ3v) is 7.42. The van der Waals surface area contributed by atoms with Gasteiger partial charge in [0, 0.05) is 18.7 Å². The summed E-state index contributed by atoms with van der Waals surface area (Å²) in [6, 6.07) is 5.48. The number of carbonyl (C=O) groups excluding carboxylic acids is 1. The standard InChI is InChI=1S/C19H28N2O5S/c1-13(2)21(4)27(25,26)16-7-5-6-15(12-16)17(22)20-19(18(23)24)10-8-14(3)9-11-19/h5-7,12-14H,8-11H2,1-4H3,(H,20,22)(H,23,24). The number of nitrogens with one attached hydrogen (secondary N) is 1. The number of hydrogen-bond acceptors (Lipinski definition) is 4. The van der Waals surface area contributed by atoms with E-state index < -0.39 is 27.4 Å². The number of rotatable bonds is 6. The minimum absolute atomic E-state index is 0.00740. The molecule has 27 heavy (non-hydrogen) atoms. The van der Waals surface area contributed by atoms with Crippen LogP contribution >= 0.6 is 0 Å². The highest BCUT2D eigenvalue weighted by Crippen LogP contribution is 2.32. The van der Waals surface area contributed by atoms with Gasteiger partial charge in [0.2, 0.25) is 10.0 Å². The fourth-order valence-electron chi connectivity index (χ4n) is 3.18. The molecule has 0 saturated heterocycles. The minimum atomic E-state index is -3.73. The Bertz CT molecular complexity index is 811. The van der Waals surface area contributed by atoms with Crippen LogP contribution in [0.3, 0.4) is 0 Å². The highest BCUT2D eigenvalue weighted by Gasteiger charge is 2.42. The number of amides is 1. The van der Waals surface area contributed by atoms with Crippen LogP contribution in [-0.2, 0) is 14.8 Å². The molecule has 1 amide bonds. The van der Waals surface area contributed by atoms with Crippen LogP contribution in [0.15, 0.2) is 29.2 Å². The van der Waals surface area contributed by atoms with Gasteiger partial charge in [-0.3, -0.25) is 4.79 Å². The molecule has 2 rings (SSSR count).